The molecule has 8 heteroatoms. The number of sulfonamides is 1. The number of carbonyl (C=O) groups is 2. The molecule has 1 aliphatic carbocycles. The van der Waals surface area contributed by atoms with Crippen LogP contribution in [-0.4, -0.2) is 69.0 Å². The lowest BCUT2D eigenvalue weighted by Gasteiger charge is -2.35. The maximum atomic E-state index is 12.8. The fourth-order valence-corrected chi connectivity index (χ4v) is 4.79. The Kier molecular flexibility index (Phi) is 7.88. The smallest absolute Gasteiger partial charge is 0.253 e. The third-order valence-electron chi connectivity index (χ3n) is 6.14. The lowest BCUT2D eigenvalue weighted by atomic mass is 10.0. The summed E-state index contributed by atoms with van der Waals surface area (Å²) in [6, 6.07) is 7.30. The van der Waals surface area contributed by atoms with Gasteiger partial charge >= 0.3 is 0 Å². The predicted octanol–water partition coefficient (Wildman–Crippen LogP) is 2.03. The number of hydrogen-bond donors (Lipinski definition) is 1. The highest BCUT2D eigenvalue weighted by atomic mass is 32.2. The van der Waals surface area contributed by atoms with E-state index in [1.165, 1.54) is 25.7 Å². The first-order chi connectivity index (χ1) is 14.3. The topological polar surface area (TPSA) is 86.8 Å². The van der Waals surface area contributed by atoms with Crippen LogP contribution in [0.4, 0.5) is 0 Å². The molecule has 0 unspecified atom stereocenters. The standard InChI is InChI=1S/C22H33N3O4S/c1-30(28,29)23-13-12-19-6-9-20(10-7-19)22(27)25-16-14-24(15-17-25)21(26)11-8-18-4-2-3-5-18/h6-7,9-10,18,23H,2-5,8,11-17H2,1H3. The van der Waals surface area contributed by atoms with Crippen molar-refractivity contribution < 1.29 is 18.0 Å². The third-order valence-corrected chi connectivity index (χ3v) is 6.87. The highest BCUT2D eigenvalue weighted by Crippen LogP contribution is 2.28. The van der Waals surface area contributed by atoms with E-state index in [4.69, 9.17) is 0 Å². The number of nitrogens with zero attached hydrogens (tertiary/aromatic N) is 2. The van der Waals surface area contributed by atoms with Crippen molar-refractivity contribution in [1.82, 2.24) is 14.5 Å². The van der Waals surface area contributed by atoms with Crippen molar-refractivity contribution in [1.29, 1.82) is 0 Å². The van der Waals surface area contributed by atoms with E-state index in [9.17, 15) is 18.0 Å². The van der Waals surface area contributed by atoms with Crippen molar-refractivity contribution in [3.8, 4) is 0 Å². The van der Waals surface area contributed by atoms with Crippen LogP contribution in [0.25, 0.3) is 0 Å². The zero-order chi connectivity index (χ0) is 21.6. The number of amides is 2. The highest BCUT2D eigenvalue weighted by molar-refractivity contribution is 7.88. The van der Waals surface area contributed by atoms with Crippen molar-refractivity contribution in [2.24, 2.45) is 5.92 Å². The van der Waals surface area contributed by atoms with E-state index in [0.717, 1.165) is 24.2 Å². The van der Waals surface area contributed by atoms with Crippen LogP contribution in [-0.2, 0) is 21.2 Å². The van der Waals surface area contributed by atoms with Gasteiger partial charge in [0, 0.05) is 44.7 Å². The Morgan fingerprint density at radius 1 is 1.00 bits per heavy atom. The summed E-state index contributed by atoms with van der Waals surface area (Å²) in [6.07, 6.45) is 8.49. The van der Waals surface area contributed by atoms with E-state index < -0.39 is 10.0 Å². The molecule has 1 aromatic carbocycles. The minimum Gasteiger partial charge on any atom is -0.339 e. The lowest BCUT2D eigenvalue weighted by Crippen LogP contribution is -2.50. The van der Waals surface area contributed by atoms with Gasteiger partial charge in [0.15, 0.2) is 0 Å². The number of benzene rings is 1. The molecule has 2 fully saturated rings. The number of carbonyl (C=O) groups excluding carboxylic acids is 2. The van der Waals surface area contributed by atoms with E-state index in [0.29, 0.717) is 51.1 Å². The second-order valence-corrected chi connectivity index (χ2v) is 10.3. The maximum Gasteiger partial charge on any atom is 0.253 e. The first kappa shape index (κ1) is 22.7. The molecule has 2 aliphatic rings. The molecule has 1 saturated carbocycles. The Bertz CT molecular complexity index is 824. The first-order valence-electron chi connectivity index (χ1n) is 10.9. The molecule has 2 amide bonds. The lowest BCUT2D eigenvalue weighted by molar-refractivity contribution is -0.133. The zero-order valence-corrected chi connectivity index (χ0v) is 18.6. The molecule has 166 valence electrons. The first-order valence-corrected chi connectivity index (χ1v) is 12.8. The van der Waals surface area contributed by atoms with Gasteiger partial charge in [-0.3, -0.25) is 9.59 Å². The second kappa shape index (κ2) is 10.4. The second-order valence-electron chi connectivity index (χ2n) is 8.48. The van der Waals surface area contributed by atoms with Gasteiger partial charge in [-0.2, -0.15) is 0 Å². The molecule has 30 heavy (non-hydrogen) atoms. The molecule has 0 atom stereocenters. The van der Waals surface area contributed by atoms with Gasteiger partial charge in [0.25, 0.3) is 5.91 Å². The van der Waals surface area contributed by atoms with E-state index >= 15 is 0 Å². The van der Waals surface area contributed by atoms with Gasteiger partial charge in [0.1, 0.15) is 0 Å². The van der Waals surface area contributed by atoms with E-state index in [1.54, 1.807) is 17.0 Å². The molecule has 0 aromatic heterocycles. The molecule has 1 N–H and O–H groups in total. The molecule has 0 spiro atoms. The summed E-state index contributed by atoms with van der Waals surface area (Å²) in [7, 11) is -3.19. The molecule has 1 saturated heterocycles. The van der Waals surface area contributed by atoms with E-state index in [2.05, 4.69) is 4.72 Å². The molecule has 1 aromatic rings. The summed E-state index contributed by atoms with van der Waals surface area (Å²) in [5.41, 5.74) is 1.59. The SMILES string of the molecule is CS(=O)(=O)NCCc1ccc(C(=O)N2CCN(C(=O)CCC3CCCC3)CC2)cc1. The Morgan fingerprint density at radius 2 is 1.60 bits per heavy atom. The van der Waals surface area contributed by atoms with Gasteiger partial charge in [-0.25, -0.2) is 13.1 Å². The Labute approximate surface area is 179 Å². The van der Waals surface area contributed by atoms with Gasteiger partial charge < -0.3 is 9.80 Å². The average molecular weight is 436 g/mol. The molecular weight excluding hydrogens is 402 g/mol. The van der Waals surface area contributed by atoms with Crippen molar-refractivity contribution in [3.05, 3.63) is 35.4 Å². The van der Waals surface area contributed by atoms with Gasteiger partial charge in [0.05, 0.1) is 6.26 Å². The summed E-state index contributed by atoms with van der Waals surface area (Å²) in [5, 5.41) is 0. The summed E-state index contributed by atoms with van der Waals surface area (Å²) in [6.45, 7) is 2.67. The average Bonchev–Trinajstić information content (AvgIpc) is 3.25. The number of nitrogens with one attached hydrogen (secondary N) is 1. The van der Waals surface area contributed by atoms with Crippen LogP contribution in [0, 0.1) is 5.92 Å². The summed E-state index contributed by atoms with van der Waals surface area (Å²) in [5.74, 6) is 0.928. The Morgan fingerprint density at radius 3 is 2.20 bits per heavy atom. The molecule has 0 bridgehead atoms. The molecule has 3 rings (SSSR count). The Balaban J connectivity index is 1.42. The quantitative estimate of drug-likeness (QED) is 0.677. The van der Waals surface area contributed by atoms with Crippen molar-refractivity contribution >= 4 is 21.8 Å². The summed E-state index contributed by atoms with van der Waals surface area (Å²) < 4.78 is 24.7. The number of piperazine rings is 1. The predicted molar refractivity (Wildman–Crippen MR) is 117 cm³/mol. The molecule has 1 aliphatic heterocycles. The third kappa shape index (κ3) is 6.80. The monoisotopic (exact) mass is 435 g/mol. The van der Waals surface area contributed by atoms with Crippen molar-refractivity contribution in [2.75, 3.05) is 39.0 Å². The van der Waals surface area contributed by atoms with Gasteiger partial charge in [-0.15, -0.1) is 0 Å². The van der Waals surface area contributed by atoms with Crippen molar-refractivity contribution in [3.63, 3.8) is 0 Å². The molecule has 0 radical (unpaired) electrons. The van der Waals surface area contributed by atoms with Crippen LogP contribution < -0.4 is 4.72 Å². The molecule has 1 heterocycles. The normalized spacial score (nSPS) is 18.0. The largest absolute Gasteiger partial charge is 0.339 e. The van der Waals surface area contributed by atoms with Gasteiger partial charge in [0.2, 0.25) is 15.9 Å². The minimum absolute atomic E-state index is 0.0196. The van der Waals surface area contributed by atoms with Gasteiger partial charge in [-0.1, -0.05) is 37.8 Å². The zero-order valence-electron chi connectivity index (χ0n) is 17.8. The van der Waals surface area contributed by atoms with Crippen LogP contribution in [0.5, 0.6) is 0 Å². The summed E-state index contributed by atoms with van der Waals surface area (Å²) in [4.78, 5) is 28.9. The van der Waals surface area contributed by atoms with Crippen LogP contribution in [0.1, 0.15) is 54.4 Å². The van der Waals surface area contributed by atoms with Crippen molar-refractivity contribution in [2.45, 2.75) is 44.9 Å². The number of hydrogen-bond acceptors (Lipinski definition) is 4. The van der Waals surface area contributed by atoms with Crippen LogP contribution in [0.3, 0.4) is 0 Å². The summed E-state index contributed by atoms with van der Waals surface area (Å²) >= 11 is 0. The van der Waals surface area contributed by atoms with Crippen LogP contribution >= 0.6 is 0 Å². The van der Waals surface area contributed by atoms with E-state index in [-0.39, 0.29) is 11.8 Å². The van der Waals surface area contributed by atoms with Crippen LogP contribution in [0.15, 0.2) is 24.3 Å². The maximum absolute atomic E-state index is 12.8. The Hall–Kier alpha value is -1.93. The minimum atomic E-state index is -3.19. The fraction of sp³-hybridized carbons (Fsp3) is 0.636. The number of rotatable bonds is 8. The van der Waals surface area contributed by atoms with Crippen LogP contribution in [0.2, 0.25) is 0 Å². The molecular formula is C22H33N3O4S. The fourth-order valence-electron chi connectivity index (χ4n) is 4.32. The molecule has 7 nitrogen and oxygen atoms in total. The van der Waals surface area contributed by atoms with E-state index in [1.807, 2.05) is 17.0 Å². The van der Waals surface area contributed by atoms with Gasteiger partial charge in [-0.05, 0) is 36.5 Å². The highest BCUT2D eigenvalue weighted by Gasteiger charge is 2.25.